The molecule has 2 atom stereocenters. The lowest BCUT2D eigenvalue weighted by Crippen LogP contribution is -2.46. The molecule has 18 heavy (non-hydrogen) atoms. The second-order valence-corrected chi connectivity index (χ2v) is 6.22. The minimum Gasteiger partial charge on any atom is -0.362 e. The fraction of sp³-hybridized carbons (Fsp3) is 0.692. The summed E-state index contributed by atoms with van der Waals surface area (Å²) in [5.74, 6) is 2.09. The van der Waals surface area contributed by atoms with E-state index in [2.05, 4.69) is 15.4 Å². The van der Waals surface area contributed by atoms with E-state index in [9.17, 15) is 0 Å². The average Bonchev–Trinajstić information content (AvgIpc) is 2.82. The average molecular weight is 264 g/mol. The molecule has 1 aliphatic carbocycles. The van der Waals surface area contributed by atoms with E-state index in [4.69, 9.17) is 0 Å². The molecule has 1 aromatic rings. The lowest BCUT2D eigenvalue weighted by atomic mass is 9.86. The third kappa shape index (κ3) is 2.71. The number of nitrogens with one attached hydrogen (secondary N) is 1. The van der Waals surface area contributed by atoms with Gasteiger partial charge in [-0.1, -0.05) is 24.6 Å². The van der Waals surface area contributed by atoms with Gasteiger partial charge in [0.15, 0.2) is 5.17 Å². The molecule has 0 radical (unpaired) electrons. The molecule has 1 saturated heterocycles. The Hall–Kier alpha value is -0.970. The highest BCUT2D eigenvalue weighted by Gasteiger charge is 2.30. The highest BCUT2D eigenvalue weighted by molar-refractivity contribution is 8.13. The highest BCUT2D eigenvalue weighted by atomic mass is 32.2. The zero-order valence-electron chi connectivity index (χ0n) is 10.8. The van der Waals surface area contributed by atoms with Crippen molar-refractivity contribution in [3.63, 3.8) is 0 Å². The van der Waals surface area contributed by atoms with Crippen molar-refractivity contribution in [2.45, 2.75) is 38.3 Å². The number of aromatic nitrogens is 2. The van der Waals surface area contributed by atoms with Crippen molar-refractivity contribution < 1.29 is 0 Å². The summed E-state index contributed by atoms with van der Waals surface area (Å²) in [7, 11) is 1.94. The van der Waals surface area contributed by atoms with Crippen LogP contribution >= 0.6 is 11.8 Å². The van der Waals surface area contributed by atoms with Crippen LogP contribution in [0.1, 0.15) is 31.4 Å². The minimum atomic E-state index is 0.669. The van der Waals surface area contributed by atoms with Gasteiger partial charge in [0.1, 0.15) is 0 Å². The predicted octanol–water partition coefficient (Wildman–Crippen LogP) is 2.17. The molecule has 0 bridgehead atoms. The van der Waals surface area contributed by atoms with Crippen molar-refractivity contribution in [2.24, 2.45) is 18.0 Å². The van der Waals surface area contributed by atoms with Crippen molar-refractivity contribution in [3.8, 4) is 0 Å². The first-order valence-electron chi connectivity index (χ1n) is 6.73. The molecule has 4 nitrogen and oxygen atoms in total. The third-order valence-electron chi connectivity index (χ3n) is 3.81. The maximum absolute atomic E-state index is 4.65. The Morgan fingerprint density at radius 2 is 2.39 bits per heavy atom. The predicted molar refractivity (Wildman–Crippen MR) is 75.7 cm³/mol. The fourth-order valence-electron chi connectivity index (χ4n) is 2.78. The molecule has 1 aromatic heterocycles. The Labute approximate surface area is 112 Å². The van der Waals surface area contributed by atoms with Crippen LogP contribution in [0.2, 0.25) is 0 Å². The molecule has 2 heterocycles. The summed E-state index contributed by atoms with van der Waals surface area (Å²) in [6.45, 7) is 0.688. The van der Waals surface area contributed by atoms with Crippen molar-refractivity contribution >= 4 is 16.9 Å². The number of thioether (sulfide) groups is 1. The second kappa shape index (κ2) is 5.34. The van der Waals surface area contributed by atoms with Crippen LogP contribution in [0.5, 0.6) is 0 Å². The Morgan fingerprint density at radius 1 is 1.50 bits per heavy atom. The molecule has 2 unspecified atom stereocenters. The van der Waals surface area contributed by atoms with Gasteiger partial charge in [0.05, 0.1) is 12.2 Å². The Balaban J connectivity index is 1.59. The maximum atomic E-state index is 4.65. The second-order valence-electron chi connectivity index (χ2n) is 5.21. The smallest absolute Gasteiger partial charge is 0.157 e. The van der Waals surface area contributed by atoms with E-state index in [0.29, 0.717) is 12.6 Å². The molecule has 1 aliphatic heterocycles. The van der Waals surface area contributed by atoms with E-state index in [1.54, 1.807) is 0 Å². The van der Waals surface area contributed by atoms with E-state index in [0.717, 1.165) is 16.8 Å². The van der Waals surface area contributed by atoms with E-state index in [1.165, 1.54) is 31.4 Å². The Morgan fingerprint density at radius 3 is 3.22 bits per heavy atom. The molecule has 0 amide bonds. The summed E-state index contributed by atoms with van der Waals surface area (Å²) in [6.07, 6.45) is 7.44. The van der Waals surface area contributed by atoms with Crippen LogP contribution in [0.3, 0.4) is 0 Å². The van der Waals surface area contributed by atoms with Gasteiger partial charge in [-0.25, -0.2) is 0 Å². The number of fused-ring (bicyclic) bond motifs is 1. The van der Waals surface area contributed by atoms with Crippen LogP contribution in [0.25, 0.3) is 0 Å². The summed E-state index contributed by atoms with van der Waals surface area (Å²) < 4.78 is 1.83. The zero-order chi connectivity index (χ0) is 12.4. The zero-order valence-corrected chi connectivity index (χ0v) is 11.6. The van der Waals surface area contributed by atoms with Crippen LogP contribution in [0.15, 0.2) is 17.3 Å². The molecule has 3 rings (SSSR count). The van der Waals surface area contributed by atoms with Gasteiger partial charge in [0, 0.05) is 25.0 Å². The van der Waals surface area contributed by atoms with Gasteiger partial charge in [-0.2, -0.15) is 5.10 Å². The number of nitrogens with zero attached hydrogens (tertiary/aromatic N) is 3. The standard InChI is InChI=1S/C13H20N4S/c1-17-7-6-11(16-17)8-14-13-15-12-5-3-2-4-10(12)9-18-13/h6-7,10,12H,2-5,8-9H2,1H3,(H,14,15). The van der Waals surface area contributed by atoms with Crippen molar-refractivity contribution in [1.82, 2.24) is 15.1 Å². The maximum Gasteiger partial charge on any atom is 0.157 e. The molecular formula is C13H20N4S. The molecule has 98 valence electrons. The first-order chi connectivity index (χ1) is 8.81. The molecular weight excluding hydrogens is 244 g/mol. The van der Waals surface area contributed by atoms with E-state index in [-0.39, 0.29) is 0 Å². The van der Waals surface area contributed by atoms with Crippen LogP contribution in [-0.4, -0.2) is 26.7 Å². The molecule has 2 fully saturated rings. The van der Waals surface area contributed by atoms with Gasteiger partial charge >= 0.3 is 0 Å². The van der Waals surface area contributed by atoms with E-state index in [1.807, 2.05) is 35.8 Å². The molecule has 2 aliphatic rings. The number of rotatable bonds is 2. The molecule has 1 saturated carbocycles. The SMILES string of the molecule is Cn1ccc(CN=C2NC3CCCCC3CS2)n1. The fourth-order valence-corrected chi connectivity index (χ4v) is 3.94. The molecule has 0 spiro atoms. The number of aryl methyl sites for hydroxylation is 1. The highest BCUT2D eigenvalue weighted by Crippen LogP contribution is 2.31. The largest absolute Gasteiger partial charge is 0.362 e. The first kappa shape index (κ1) is 12.1. The lowest BCUT2D eigenvalue weighted by molar-refractivity contribution is 0.311. The molecule has 0 aromatic carbocycles. The number of hydrogen-bond donors (Lipinski definition) is 1. The Bertz CT molecular complexity index is 440. The topological polar surface area (TPSA) is 42.2 Å². The summed E-state index contributed by atoms with van der Waals surface area (Å²) in [5.41, 5.74) is 1.04. The summed E-state index contributed by atoms with van der Waals surface area (Å²) in [4.78, 5) is 4.65. The normalized spacial score (nSPS) is 29.9. The molecule has 5 heteroatoms. The van der Waals surface area contributed by atoms with E-state index >= 15 is 0 Å². The van der Waals surface area contributed by atoms with Crippen LogP contribution < -0.4 is 5.32 Å². The van der Waals surface area contributed by atoms with Crippen molar-refractivity contribution in [2.75, 3.05) is 5.75 Å². The van der Waals surface area contributed by atoms with Crippen molar-refractivity contribution in [1.29, 1.82) is 0 Å². The van der Waals surface area contributed by atoms with Gasteiger partial charge in [0.25, 0.3) is 0 Å². The Kier molecular flexibility index (Phi) is 3.59. The summed E-state index contributed by atoms with van der Waals surface area (Å²) in [5, 5.41) is 9.07. The van der Waals surface area contributed by atoms with Crippen molar-refractivity contribution in [3.05, 3.63) is 18.0 Å². The van der Waals surface area contributed by atoms with Crippen LogP contribution in [-0.2, 0) is 13.6 Å². The van der Waals surface area contributed by atoms with Gasteiger partial charge < -0.3 is 5.32 Å². The van der Waals surface area contributed by atoms with E-state index < -0.39 is 0 Å². The number of amidine groups is 1. The lowest BCUT2D eigenvalue weighted by Gasteiger charge is -2.36. The third-order valence-corrected chi connectivity index (χ3v) is 4.92. The summed E-state index contributed by atoms with van der Waals surface area (Å²) >= 11 is 1.88. The van der Waals surface area contributed by atoms with Crippen LogP contribution in [0.4, 0.5) is 0 Å². The first-order valence-corrected chi connectivity index (χ1v) is 7.72. The van der Waals surface area contributed by atoms with Gasteiger partial charge in [-0.3, -0.25) is 9.67 Å². The van der Waals surface area contributed by atoms with Gasteiger partial charge in [0.2, 0.25) is 0 Å². The molecule has 1 N–H and O–H groups in total. The van der Waals surface area contributed by atoms with Gasteiger partial charge in [-0.15, -0.1) is 0 Å². The minimum absolute atomic E-state index is 0.669. The number of aliphatic imine (C=N–C) groups is 1. The van der Waals surface area contributed by atoms with Crippen LogP contribution in [0, 0.1) is 5.92 Å². The van der Waals surface area contributed by atoms with Gasteiger partial charge in [-0.05, 0) is 24.8 Å². The monoisotopic (exact) mass is 264 g/mol. The number of hydrogen-bond acceptors (Lipinski definition) is 3. The quantitative estimate of drug-likeness (QED) is 0.890. The summed E-state index contributed by atoms with van der Waals surface area (Å²) in [6, 6.07) is 2.70.